The molecule has 1 saturated heterocycles. The molecule has 18 heavy (non-hydrogen) atoms. The Bertz CT molecular complexity index is 453. The number of hydrogen-bond acceptors (Lipinski definition) is 3. The first-order valence-corrected chi connectivity index (χ1v) is 8.13. The molecule has 5 heteroatoms. The smallest absolute Gasteiger partial charge is 0.0748 e. The van der Waals surface area contributed by atoms with Crippen LogP contribution in [0.15, 0.2) is 18.2 Å². The third-order valence-electron chi connectivity index (χ3n) is 3.13. The van der Waals surface area contributed by atoms with Crippen molar-refractivity contribution in [1.29, 1.82) is 0 Å². The zero-order valence-electron chi connectivity index (χ0n) is 10.6. The van der Waals surface area contributed by atoms with Gasteiger partial charge >= 0.3 is 0 Å². The number of rotatable bonds is 4. The standard InChI is InChI=1S/C13H18ClNO2S/c1-9-13(5-6-17-9)15-11-3-4-12(14)10(7-11)8-18(2)16/h3-4,7,9,13,15H,5-6,8H2,1-2H3/t9-,13+,18-/m0/s1. The molecule has 1 aliphatic rings. The van der Waals surface area contributed by atoms with E-state index in [1.54, 1.807) is 6.26 Å². The maximum absolute atomic E-state index is 11.3. The fourth-order valence-corrected chi connectivity index (χ4v) is 3.07. The Hall–Kier alpha value is -0.580. The van der Waals surface area contributed by atoms with Crippen molar-refractivity contribution in [3.63, 3.8) is 0 Å². The van der Waals surface area contributed by atoms with E-state index in [-0.39, 0.29) is 6.10 Å². The number of ether oxygens (including phenoxy) is 1. The van der Waals surface area contributed by atoms with Crippen molar-refractivity contribution < 1.29 is 8.95 Å². The first-order chi connectivity index (χ1) is 8.56. The second-order valence-electron chi connectivity index (χ2n) is 4.64. The van der Waals surface area contributed by atoms with Crippen LogP contribution >= 0.6 is 11.6 Å². The average Bonchev–Trinajstić information content (AvgIpc) is 2.69. The highest BCUT2D eigenvalue weighted by Crippen LogP contribution is 2.24. The molecule has 3 atom stereocenters. The second kappa shape index (κ2) is 6.04. The summed E-state index contributed by atoms with van der Waals surface area (Å²) in [6.45, 7) is 2.88. The van der Waals surface area contributed by atoms with E-state index in [2.05, 4.69) is 12.2 Å². The number of benzene rings is 1. The number of anilines is 1. The van der Waals surface area contributed by atoms with Gasteiger partial charge in [-0.3, -0.25) is 4.21 Å². The number of nitrogens with one attached hydrogen (secondary N) is 1. The Kier molecular flexibility index (Phi) is 4.65. The molecule has 1 aliphatic heterocycles. The van der Waals surface area contributed by atoms with E-state index in [0.717, 1.165) is 24.3 Å². The Balaban J connectivity index is 2.11. The van der Waals surface area contributed by atoms with Crippen LogP contribution in [0, 0.1) is 0 Å². The fraction of sp³-hybridized carbons (Fsp3) is 0.538. The summed E-state index contributed by atoms with van der Waals surface area (Å²) in [4.78, 5) is 0. The van der Waals surface area contributed by atoms with Crippen molar-refractivity contribution >= 4 is 28.1 Å². The highest BCUT2D eigenvalue weighted by molar-refractivity contribution is 7.83. The molecule has 0 saturated carbocycles. The summed E-state index contributed by atoms with van der Waals surface area (Å²) in [6.07, 6.45) is 2.92. The minimum absolute atomic E-state index is 0.226. The van der Waals surface area contributed by atoms with Crippen LogP contribution in [0.5, 0.6) is 0 Å². The predicted molar refractivity (Wildman–Crippen MR) is 76.7 cm³/mol. The molecule has 3 nitrogen and oxygen atoms in total. The van der Waals surface area contributed by atoms with E-state index >= 15 is 0 Å². The Morgan fingerprint density at radius 1 is 1.56 bits per heavy atom. The van der Waals surface area contributed by atoms with Crippen molar-refractivity contribution in [3.05, 3.63) is 28.8 Å². The lowest BCUT2D eigenvalue weighted by molar-refractivity contribution is 0.121. The molecule has 0 amide bonds. The summed E-state index contributed by atoms with van der Waals surface area (Å²) in [6, 6.07) is 6.13. The minimum Gasteiger partial charge on any atom is -0.380 e. The molecule has 2 rings (SSSR count). The van der Waals surface area contributed by atoms with Gasteiger partial charge < -0.3 is 10.1 Å². The Morgan fingerprint density at radius 2 is 2.33 bits per heavy atom. The molecule has 0 spiro atoms. The molecule has 1 aromatic carbocycles. The summed E-state index contributed by atoms with van der Waals surface area (Å²) in [7, 11) is -0.883. The topological polar surface area (TPSA) is 38.3 Å². The molecule has 0 unspecified atom stereocenters. The van der Waals surface area contributed by atoms with E-state index in [1.165, 1.54) is 0 Å². The van der Waals surface area contributed by atoms with Gasteiger partial charge in [0.05, 0.1) is 12.1 Å². The highest BCUT2D eigenvalue weighted by atomic mass is 35.5. The van der Waals surface area contributed by atoms with Gasteiger partial charge in [-0.05, 0) is 37.1 Å². The van der Waals surface area contributed by atoms with Gasteiger partial charge in [-0.15, -0.1) is 0 Å². The van der Waals surface area contributed by atoms with Gasteiger partial charge in [0.25, 0.3) is 0 Å². The van der Waals surface area contributed by atoms with Gasteiger partial charge in [0.2, 0.25) is 0 Å². The lowest BCUT2D eigenvalue weighted by Crippen LogP contribution is -2.26. The number of hydrogen-bond donors (Lipinski definition) is 1. The number of halogens is 1. The largest absolute Gasteiger partial charge is 0.380 e. The molecule has 0 aliphatic carbocycles. The van der Waals surface area contributed by atoms with Crippen molar-refractivity contribution in [3.8, 4) is 0 Å². The van der Waals surface area contributed by atoms with Crippen molar-refractivity contribution in [1.82, 2.24) is 0 Å². The molecule has 1 fully saturated rings. The molecule has 100 valence electrons. The Labute approximate surface area is 115 Å². The van der Waals surface area contributed by atoms with Gasteiger partial charge in [0.15, 0.2) is 0 Å². The van der Waals surface area contributed by atoms with Crippen LogP contribution in [-0.2, 0) is 21.3 Å². The summed E-state index contributed by atoms with van der Waals surface area (Å²) in [5.41, 5.74) is 1.94. The zero-order valence-corrected chi connectivity index (χ0v) is 12.2. The molecule has 1 heterocycles. The highest BCUT2D eigenvalue weighted by Gasteiger charge is 2.23. The molecule has 1 N–H and O–H groups in total. The lowest BCUT2D eigenvalue weighted by atomic mass is 10.1. The third-order valence-corrected chi connectivity index (χ3v) is 4.22. The van der Waals surface area contributed by atoms with Crippen LogP contribution in [0.3, 0.4) is 0 Å². The first-order valence-electron chi connectivity index (χ1n) is 6.03. The molecular weight excluding hydrogens is 270 g/mol. The van der Waals surface area contributed by atoms with Crippen LogP contribution in [0.2, 0.25) is 5.02 Å². The summed E-state index contributed by atoms with van der Waals surface area (Å²) < 4.78 is 16.8. The second-order valence-corrected chi connectivity index (χ2v) is 6.48. The first kappa shape index (κ1) is 13.8. The van der Waals surface area contributed by atoms with Gasteiger partial charge in [-0.1, -0.05) is 11.6 Å². The van der Waals surface area contributed by atoms with Gasteiger partial charge in [-0.2, -0.15) is 0 Å². The maximum atomic E-state index is 11.3. The van der Waals surface area contributed by atoms with Gasteiger partial charge in [0.1, 0.15) is 0 Å². The minimum atomic E-state index is -0.883. The van der Waals surface area contributed by atoms with E-state index in [0.29, 0.717) is 16.8 Å². The van der Waals surface area contributed by atoms with E-state index in [1.807, 2.05) is 18.2 Å². The molecule has 0 bridgehead atoms. The van der Waals surface area contributed by atoms with Crippen LogP contribution in [0.25, 0.3) is 0 Å². The monoisotopic (exact) mass is 287 g/mol. The molecule has 1 aromatic rings. The van der Waals surface area contributed by atoms with E-state index in [4.69, 9.17) is 16.3 Å². The predicted octanol–water partition coefficient (Wildman–Crippen LogP) is 2.81. The molecule has 0 aromatic heterocycles. The van der Waals surface area contributed by atoms with Crippen LogP contribution < -0.4 is 5.32 Å². The lowest BCUT2D eigenvalue weighted by Gasteiger charge is -2.18. The quantitative estimate of drug-likeness (QED) is 0.925. The van der Waals surface area contributed by atoms with Gasteiger partial charge in [-0.25, -0.2) is 0 Å². The zero-order chi connectivity index (χ0) is 13.1. The van der Waals surface area contributed by atoms with Crippen molar-refractivity contribution in [2.45, 2.75) is 31.2 Å². The van der Waals surface area contributed by atoms with Crippen LogP contribution in [0.1, 0.15) is 18.9 Å². The van der Waals surface area contributed by atoms with E-state index < -0.39 is 10.8 Å². The average molecular weight is 288 g/mol. The third kappa shape index (κ3) is 3.46. The Morgan fingerprint density at radius 3 is 2.94 bits per heavy atom. The van der Waals surface area contributed by atoms with Crippen LogP contribution in [0.4, 0.5) is 5.69 Å². The van der Waals surface area contributed by atoms with Crippen molar-refractivity contribution in [2.24, 2.45) is 0 Å². The summed E-state index contributed by atoms with van der Waals surface area (Å²) in [5.74, 6) is 0.491. The molecular formula is C13H18ClNO2S. The summed E-state index contributed by atoms with van der Waals surface area (Å²) in [5, 5.41) is 4.12. The SMILES string of the molecule is C[C@@H]1OCC[C@H]1Nc1ccc(Cl)c(C[S@](C)=O)c1. The maximum Gasteiger partial charge on any atom is 0.0748 e. The van der Waals surface area contributed by atoms with Gasteiger partial charge in [0, 0.05) is 40.1 Å². The molecule has 0 radical (unpaired) electrons. The summed E-state index contributed by atoms with van der Waals surface area (Å²) >= 11 is 6.10. The van der Waals surface area contributed by atoms with Crippen LogP contribution in [-0.4, -0.2) is 29.2 Å². The van der Waals surface area contributed by atoms with E-state index in [9.17, 15) is 4.21 Å². The normalized spacial score (nSPS) is 25.1. The fourth-order valence-electron chi connectivity index (χ4n) is 2.13. The van der Waals surface area contributed by atoms with Crippen molar-refractivity contribution in [2.75, 3.05) is 18.2 Å².